The lowest BCUT2D eigenvalue weighted by Crippen LogP contribution is -2.45. The summed E-state index contributed by atoms with van der Waals surface area (Å²) in [5, 5.41) is 20.0. The smallest absolute Gasteiger partial charge is 0.337 e. The lowest BCUT2D eigenvalue weighted by atomic mass is 9.95. The van der Waals surface area contributed by atoms with Crippen molar-refractivity contribution in [2.45, 2.75) is 32.7 Å². The monoisotopic (exact) mass is 822 g/mol. The Bertz CT molecular complexity index is 1690. The van der Waals surface area contributed by atoms with Crippen molar-refractivity contribution in [2.24, 2.45) is 5.10 Å². The summed E-state index contributed by atoms with van der Waals surface area (Å²) >= 11 is 5.77. The number of aliphatic hydroxyl groups excluding tert-OH is 1. The number of hydrazone groups is 1. The molecular formula is C32H32BrIN4O9. The molecule has 15 heteroatoms. The van der Waals surface area contributed by atoms with Gasteiger partial charge in [-0.05, 0) is 105 Å². The van der Waals surface area contributed by atoms with Gasteiger partial charge in [-0.2, -0.15) is 5.10 Å². The summed E-state index contributed by atoms with van der Waals surface area (Å²) in [5.74, 6) is 2.26. The molecule has 4 N–H and O–H groups in total. The van der Waals surface area contributed by atoms with Crippen LogP contribution < -0.4 is 39.7 Å². The van der Waals surface area contributed by atoms with Gasteiger partial charge in [-0.15, -0.1) is 0 Å². The maximum Gasteiger partial charge on any atom is 0.337 e. The van der Waals surface area contributed by atoms with Gasteiger partial charge in [-0.1, -0.05) is 12.1 Å². The summed E-state index contributed by atoms with van der Waals surface area (Å²) in [4.78, 5) is 24.6. The van der Waals surface area contributed by atoms with Crippen molar-refractivity contribution in [3.63, 3.8) is 0 Å². The number of carbonyl (C=O) groups is 2. The third-order valence-electron chi connectivity index (χ3n) is 6.95. The number of urea groups is 1. The number of nitrogens with zero attached hydrogens (tertiary/aromatic N) is 1. The summed E-state index contributed by atoms with van der Waals surface area (Å²) in [6.45, 7) is 4.19. The van der Waals surface area contributed by atoms with E-state index in [-0.39, 0.29) is 19.0 Å². The number of esters is 1. The van der Waals surface area contributed by atoms with E-state index in [1.165, 1.54) is 7.11 Å². The lowest BCUT2D eigenvalue weighted by Gasteiger charge is -2.28. The second-order valence-electron chi connectivity index (χ2n) is 10.2. The summed E-state index contributed by atoms with van der Waals surface area (Å²) in [6, 6.07) is 13.3. The zero-order chi connectivity index (χ0) is 33.5. The van der Waals surface area contributed by atoms with Crippen LogP contribution in [0.25, 0.3) is 0 Å². The maximum atomic E-state index is 12.5. The Balaban J connectivity index is 1.18. The number of allylic oxidation sites excluding steroid dienone is 1. The molecule has 0 spiro atoms. The van der Waals surface area contributed by atoms with Crippen LogP contribution in [-0.2, 0) is 16.1 Å². The fourth-order valence-corrected chi connectivity index (χ4v) is 6.57. The molecular weight excluding hydrogens is 791 g/mol. The van der Waals surface area contributed by atoms with Gasteiger partial charge in [0, 0.05) is 5.70 Å². The van der Waals surface area contributed by atoms with Crippen LogP contribution in [0.15, 0.2) is 69.4 Å². The van der Waals surface area contributed by atoms with Crippen LogP contribution in [-0.4, -0.2) is 56.7 Å². The van der Waals surface area contributed by atoms with Gasteiger partial charge in [-0.3, -0.25) is 5.43 Å². The van der Waals surface area contributed by atoms with Crippen LogP contribution in [0.2, 0.25) is 0 Å². The van der Waals surface area contributed by atoms with Crippen molar-refractivity contribution in [1.29, 1.82) is 0 Å². The zero-order valence-electron chi connectivity index (χ0n) is 25.6. The lowest BCUT2D eigenvalue weighted by molar-refractivity contribution is -0.136. The molecule has 2 heterocycles. The van der Waals surface area contributed by atoms with Crippen LogP contribution in [0, 0.1) is 3.57 Å². The van der Waals surface area contributed by atoms with Crippen molar-refractivity contribution in [3.05, 3.63) is 84.5 Å². The van der Waals surface area contributed by atoms with E-state index in [1.807, 2.05) is 37.3 Å². The maximum absolute atomic E-state index is 12.5. The Kier molecular flexibility index (Phi) is 11.3. The molecule has 0 bridgehead atoms. The molecule has 248 valence electrons. The Morgan fingerprint density at radius 2 is 1.96 bits per heavy atom. The third-order valence-corrected chi connectivity index (χ3v) is 8.34. The van der Waals surface area contributed by atoms with E-state index < -0.39 is 24.3 Å². The minimum absolute atomic E-state index is 0.152. The molecule has 0 aliphatic carbocycles. The Morgan fingerprint density at radius 3 is 2.72 bits per heavy atom. The largest absolute Gasteiger partial charge is 0.490 e. The van der Waals surface area contributed by atoms with Crippen LogP contribution in [0.3, 0.4) is 0 Å². The van der Waals surface area contributed by atoms with Crippen molar-refractivity contribution < 1.29 is 43.1 Å². The van der Waals surface area contributed by atoms with Crippen LogP contribution in [0.5, 0.6) is 28.7 Å². The molecule has 0 fully saturated rings. The molecule has 0 unspecified atom stereocenters. The predicted octanol–water partition coefficient (Wildman–Crippen LogP) is 4.88. The average molecular weight is 823 g/mol. The molecule has 2 atom stereocenters. The van der Waals surface area contributed by atoms with Gasteiger partial charge in [0.2, 0.25) is 6.79 Å². The highest BCUT2D eigenvalue weighted by atomic mass is 127. The first-order chi connectivity index (χ1) is 22.7. The van der Waals surface area contributed by atoms with Gasteiger partial charge in [0.05, 0.1) is 39.6 Å². The molecule has 3 aromatic carbocycles. The molecule has 13 nitrogen and oxygen atoms in total. The summed E-state index contributed by atoms with van der Waals surface area (Å²) in [7, 11) is 1.28. The van der Waals surface area contributed by atoms with E-state index in [9.17, 15) is 14.7 Å². The van der Waals surface area contributed by atoms with Gasteiger partial charge in [0.1, 0.15) is 19.0 Å². The number of nitrogens with one attached hydrogen (secondary N) is 3. The Labute approximate surface area is 292 Å². The number of aliphatic hydroxyl groups is 1. The minimum atomic E-state index is -1.15. The van der Waals surface area contributed by atoms with E-state index in [0.29, 0.717) is 47.5 Å². The molecule has 0 saturated carbocycles. The summed E-state index contributed by atoms with van der Waals surface area (Å²) < 4.78 is 35.0. The van der Waals surface area contributed by atoms with E-state index in [2.05, 4.69) is 59.7 Å². The number of halogens is 2. The first-order valence-electron chi connectivity index (χ1n) is 14.4. The number of carbonyl (C=O) groups excluding carboxylic acids is 2. The standard InChI is InChI=1S/C32H32BrIN4O9/c1-4-43-26-12-20(29-28(31(40)42-3)17(2)36-32(41)37-29)6-8-23(26)44-15-27(39)38-35-13-19-9-21(33)30(22(34)10-19)45-14-18-5-7-24-25(11-18)47-16-46-24/h5-13,27,29,38-39H,4,14-16H2,1-3H3,(H2,36,37,41)/b35-13-/t27-,29+/m0/s1. The van der Waals surface area contributed by atoms with Crippen LogP contribution in [0.1, 0.15) is 36.6 Å². The number of rotatable bonds is 13. The fraction of sp³-hybridized carbons (Fsp3) is 0.281. The van der Waals surface area contributed by atoms with E-state index in [1.54, 1.807) is 31.3 Å². The highest BCUT2D eigenvalue weighted by molar-refractivity contribution is 14.1. The minimum Gasteiger partial charge on any atom is -0.490 e. The second-order valence-corrected chi connectivity index (χ2v) is 12.2. The molecule has 2 aliphatic rings. The third kappa shape index (κ3) is 8.39. The highest BCUT2D eigenvalue weighted by Crippen LogP contribution is 2.36. The average Bonchev–Trinajstić information content (AvgIpc) is 3.51. The number of hydrogen-bond acceptors (Lipinski definition) is 11. The van der Waals surface area contributed by atoms with E-state index in [4.69, 9.17) is 28.4 Å². The van der Waals surface area contributed by atoms with Crippen molar-refractivity contribution in [1.82, 2.24) is 16.1 Å². The molecule has 0 radical (unpaired) electrons. The number of benzene rings is 3. The quantitative estimate of drug-likeness (QED) is 0.0616. The van der Waals surface area contributed by atoms with Crippen LogP contribution in [0.4, 0.5) is 4.79 Å². The van der Waals surface area contributed by atoms with Gasteiger partial charge in [-0.25, -0.2) is 9.59 Å². The van der Waals surface area contributed by atoms with Crippen molar-refractivity contribution in [3.8, 4) is 28.7 Å². The van der Waals surface area contributed by atoms with E-state index in [0.717, 1.165) is 24.9 Å². The SMILES string of the molecule is CCOc1cc([C@H]2NC(=O)NC(C)=C2C(=O)OC)ccc1OC[C@H](O)N/N=C\c1cc(Br)c(OCc2ccc3c(c2)OCO3)c(I)c1. The molecule has 47 heavy (non-hydrogen) atoms. The van der Waals surface area contributed by atoms with Crippen molar-refractivity contribution >= 4 is 56.7 Å². The van der Waals surface area contributed by atoms with Crippen LogP contribution >= 0.6 is 38.5 Å². The first-order valence-corrected chi connectivity index (χ1v) is 16.3. The molecule has 5 rings (SSSR count). The summed E-state index contributed by atoms with van der Waals surface area (Å²) in [5.41, 5.74) is 5.61. The molecule has 2 amide bonds. The number of ether oxygens (including phenoxy) is 6. The van der Waals surface area contributed by atoms with Crippen molar-refractivity contribution in [2.75, 3.05) is 27.1 Å². The Hall–Kier alpha value is -4.22. The van der Waals surface area contributed by atoms with Gasteiger partial charge in [0.15, 0.2) is 29.2 Å². The van der Waals surface area contributed by atoms with Gasteiger partial charge in [0.25, 0.3) is 0 Å². The van der Waals surface area contributed by atoms with Gasteiger partial charge >= 0.3 is 12.0 Å². The number of hydrogen-bond donors (Lipinski definition) is 4. The number of fused-ring (bicyclic) bond motifs is 1. The van der Waals surface area contributed by atoms with Gasteiger partial charge < -0.3 is 44.2 Å². The number of amides is 2. The topological polar surface area (TPSA) is 158 Å². The second kappa shape index (κ2) is 15.6. The summed E-state index contributed by atoms with van der Waals surface area (Å²) in [6.07, 6.45) is 0.423. The molecule has 3 aromatic rings. The zero-order valence-corrected chi connectivity index (χ0v) is 29.3. The first kappa shape index (κ1) is 34.1. The predicted molar refractivity (Wildman–Crippen MR) is 183 cm³/mol. The highest BCUT2D eigenvalue weighted by Gasteiger charge is 2.32. The van der Waals surface area contributed by atoms with E-state index >= 15 is 0 Å². The molecule has 2 aliphatic heterocycles. The number of methoxy groups -OCH3 is 1. The Morgan fingerprint density at radius 1 is 1.15 bits per heavy atom. The molecule has 0 aromatic heterocycles. The molecule has 0 saturated heterocycles. The fourth-order valence-electron chi connectivity index (χ4n) is 4.80. The normalized spacial score (nSPS) is 16.0.